The SMILES string of the molecule is Nc1ccc(F)cc1S(=O)Cc1ccncc1. The summed E-state index contributed by atoms with van der Waals surface area (Å²) in [7, 11) is -1.35. The maximum Gasteiger partial charge on any atom is 0.124 e. The second kappa shape index (κ2) is 5.05. The number of nitrogen functional groups attached to an aromatic ring is 1. The molecule has 0 spiro atoms. The van der Waals surface area contributed by atoms with Gasteiger partial charge in [-0.2, -0.15) is 0 Å². The number of anilines is 1. The third-order valence-electron chi connectivity index (χ3n) is 2.27. The Bertz CT molecular complexity index is 545. The minimum Gasteiger partial charge on any atom is -0.398 e. The van der Waals surface area contributed by atoms with Gasteiger partial charge in [-0.1, -0.05) is 0 Å². The summed E-state index contributed by atoms with van der Waals surface area (Å²) in [5.41, 5.74) is 6.89. The second-order valence-corrected chi connectivity index (χ2v) is 4.95. The third-order valence-corrected chi connectivity index (χ3v) is 3.71. The number of hydrogen-bond donors (Lipinski definition) is 1. The zero-order valence-corrected chi connectivity index (χ0v) is 9.78. The van der Waals surface area contributed by atoms with Crippen molar-refractivity contribution in [2.45, 2.75) is 10.6 Å². The third kappa shape index (κ3) is 2.88. The molecule has 1 heterocycles. The first-order chi connectivity index (χ1) is 8.16. The van der Waals surface area contributed by atoms with Gasteiger partial charge in [0.1, 0.15) is 5.82 Å². The molecular formula is C12H11FN2OS. The topological polar surface area (TPSA) is 56.0 Å². The molecule has 0 radical (unpaired) electrons. The minimum atomic E-state index is -1.35. The molecule has 0 saturated heterocycles. The molecule has 17 heavy (non-hydrogen) atoms. The molecule has 0 bridgehead atoms. The van der Waals surface area contributed by atoms with Gasteiger partial charge in [0.15, 0.2) is 0 Å². The van der Waals surface area contributed by atoms with E-state index in [2.05, 4.69) is 4.98 Å². The van der Waals surface area contributed by atoms with E-state index in [1.807, 2.05) is 0 Å². The van der Waals surface area contributed by atoms with Crippen molar-refractivity contribution in [2.24, 2.45) is 0 Å². The lowest BCUT2D eigenvalue weighted by atomic mass is 10.3. The Morgan fingerprint density at radius 1 is 1.24 bits per heavy atom. The zero-order valence-electron chi connectivity index (χ0n) is 8.97. The van der Waals surface area contributed by atoms with Gasteiger partial charge in [-0.3, -0.25) is 9.19 Å². The van der Waals surface area contributed by atoms with E-state index in [1.54, 1.807) is 24.5 Å². The molecular weight excluding hydrogens is 239 g/mol. The predicted molar refractivity (Wildman–Crippen MR) is 65.2 cm³/mol. The highest BCUT2D eigenvalue weighted by Crippen LogP contribution is 2.20. The Labute approximate surface area is 101 Å². The van der Waals surface area contributed by atoms with Crippen LogP contribution in [0, 0.1) is 5.82 Å². The molecule has 0 aliphatic rings. The van der Waals surface area contributed by atoms with Gasteiger partial charge in [0.05, 0.1) is 21.4 Å². The molecule has 1 atom stereocenters. The maximum absolute atomic E-state index is 13.0. The van der Waals surface area contributed by atoms with Crippen molar-refractivity contribution in [3.8, 4) is 0 Å². The van der Waals surface area contributed by atoms with Gasteiger partial charge in [-0.05, 0) is 35.9 Å². The van der Waals surface area contributed by atoms with Gasteiger partial charge in [-0.15, -0.1) is 0 Å². The Hall–Kier alpha value is -1.75. The lowest BCUT2D eigenvalue weighted by Crippen LogP contribution is -2.01. The number of nitrogens with zero attached hydrogens (tertiary/aromatic N) is 1. The van der Waals surface area contributed by atoms with Crippen LogP contribution in [-0.2, 0) is 16.6 Å². The Morgan fingerprint density at radius 2 is 1.94 bits per heavy atom. The summed E-state index contributed by atoms with van der Waals surface area (Å²) >= 11 is 0. The van der Waals surface area contributed by atoms with Crippen LogP contribution < -0.4 is 5.73 Å². The molecule has 0 aliphatic heterocycles. The van der Waals surface area contributed by atoms with Gasteiger partial charge in [-0.25, -0.2) is 4.39 Å². The first kappa shape index (κ1) is 11.7. The monoisotopic (exact) mass is 250 g/mol. The summed E-state index contributed by atoms with van der Waals surface area (Å²) in [6.45, 7) is 0. The van der Waals surface area contributed by atoms with Crippen LogP contribution >= 0.6 is 0 Å². The predicted octanol–water partition coefficient (Wildman–Crippen LogP) is 2.11. The van der Waals surface area contributed by atoms with Gasteiger partial charge < -0.3 is 5.73 Å². The number of benzene rings is 1. The largest absolute Gasteiger partial charge is 0.398 e. The van der Waals surface area contributed by atoms with E-state index >= 15 is 0 Å². The molecule has 2 N–H and O–H groups in total. The zero-order chi connectivity index (χ0) is 12.3. The molecule has 1 aromatic heterocycles. The quantitative estimate of drug-likeness (QED) is 0.849. The van der Waals surface area contributed by atoms with Crippen molar-refractivity contribution in [3.63, 3.8) is 0 Å². The number of rotatable bonds is 3. The van der Waals surface area contributed by atoms with Gasteiger partial charge in [0.25, 0.3) is 0 Å². The van der Waals surface area contributed by atoms with Crippen molar-refractivity contribution in [1.82, 2.24) is 4.98 Å². The fourth-order valence-corrected chi connectivity index (χ4v) is 2.64. The highest BCUT2D eigenvalue weighted by atomic mass is 32.2. The summed E-state index contributed by atoms with van der Waals surface area (Å²) in [5.74, 6) is -0.131. The van der Waals surface area contributed by atoms with E-state index in [0.717, 1.165) is 5.56 Å². The minimum absolute atomic E-state index is 0.302. The van der Waals surface area contributed by atoms with Crippen molar-refractivity contribution in [2.75, 3.05) is 5.73 Å². The molecule has 5 heteroatoms. The molecule has 88 valence electrons. The maximum atomic E-state index is 13.0. The normalized spacial score (nSPS) is 12.3. The van der Waals surface area contributed by atoms with Gasteiger partial charge >= 0.3 is 0 Å². The molecule has 0 aliphatic carbocycles. The number of pyridine rings is 1. The fraction of sp³-hybridized carbons (Fsp3) is 0.0833. The van der Waals surface area contributed by atoms with Crippen LogP contribution in [0.4, 0.5) is 10.1 Å². The highest BCUT2D eigenvalue weighted by Gasteiger charge is 2.10. The molecule has 3 nitrogen and oxygen atoms in total. The summed E-state index contributed by atoms with van der Waals surface area (Å²) in [5, 5.41) is 0. The summed E-state index contributed by atoms with van der Waals surface area (Å²) < 4.78 is 25.1. The highest BCUT2D eigenvalue weighted by molar-refractivity contribution is 7.84. The van der Waals surface area contributed by atoms with Crippen LogP contribution in [0.5, 0.6) is 0 Å². The Kier molecular flexibility index (Phi) is 3.49. The standard InChI is InChI=1S/C12H11FN2OS/c13-10-1-2-11(14)12(7-10)17(16)8-9-3-5-15-6-4-9/h1-7H,8,14H2. The number of hydrogen-bond acceptors (Lipinski definition) is 3. The molecule has 1 unspecified atom stereocenters. The van der Waals surface area contributed by atoms with E-state index in [-0.39, 0.29) is 0 Å². The first-order valence-corrected chi connectivity index (χ1v) is 6.31. The summed E-state index contributed by atoms with van der Waals surface area (Å²) in [6.07, 6.45) is 3.25. The second-order valence-electron chi connectivity index (χ2n) is 3.53. The molecule has 0 saturated carbocycles. The van der Waals surface area contributed by atoms with Crippen LogP contribution in [0.15, 0.2) is 47.6 Å². The van der Waals surface area contributed by atoms with Crippen LogP contribution in [-0.4, -0.2) is 9.19 Å². The fourth-order valence-electron chi connectivity index (χ4n) is 1.41. The molecule has 0 fully saturated rings. The molecule has 0 amide bonds. The van der Waals surface area contributed by atoms with E-state index in [9.17, 15) is 8.60 Å². The van der Waals surface area contributed by atoms with Crippen molar-refractivity contribution in [3.05, 3.63) is 54.1 Å². The Balaban J connectivity index is 2.23. The van der Waals surface area contributed by atoms with Gasteiger partial charge in [0, 0.05) is 18.1 Å². The number of aromatic nitrogens is 1. The summed E-state index contributed by atoms with van der Waals surface area (Å²) in [6, 6.07) is 7.44. The average molecular weight is 250 g/mol. The van der Waals surface area contributed by atoms with Crippen molar-refractivity contribution in [1.29, 1.82) is 0 Å². The lowest BCUT2D eigenvalue weighted by molar-refractivity contribution is 0.623. The van der Waals surface area contributed by atoms with Crippen LogP contribution in [0.1, 0.15) is 5.56 Å². The average Bonchev–Trinajstić information content (AvgIpc) is 2.33. The lowest BCUT2D eigenvalue weighted by Gasteiger charge is -2.05. The molecule has 2 aromatic rings. The van der Waals surface area contributed by atoms with E-state index in [0.29, 0.717) is 16.3 Å². The van der Waals surface area contributed by atoms with Crippen molar-refractivity contribution >= 4 is 16.5 Å². The van der Waals surface area contributed by atoms with Crippen molar-refractivity contribution < 1.29 is 8.60 Å². The smallest absolute Gasteiger partial charge is 0.124 e. The van der Waals surface area contributed by atoms with Crippen LogP contribution in [0.3, 0.4) is 0 Å². The summed E-state index contributed by atoms with van der Waals surface area (Å²) in [4.78, 5) is 4.21. The van der Waals surface area contributed by atoms with Crippen LogP contribution in [0.25, 0.3) is 0 Å². The van der Waals surface area contributed by atoms with E-state index in [1.165, 1.54) is 18.2 Å². The van der Waals surface area contributed by atoms with Gasteiger partial charge in [0.2, 0.25) is 0 Å². The van der Waals surface area contributed by atoms with E-state index in [4.69, 9.17) is 5.73 Å². The Morgan fingerprint density at radius 3 is 2.65 bits per heavy atom. The number of halogens is 1. The first-order valence-electron chi connectivity index (χ1n) is 4.99. The van der Waals surface area contributed by atoms with E-state index < -0.39 is 16.6 Å². The van der Waals surface area contributed by atoms with Crippen LogP contribution in [0.2, 0.25) is 0 Å². The number of nitrogens with two attached hydrogens (primary N) is 1. The molecule has 1 aromatic carbocycles. The molecule has 2 rings (SSSR count).